The Balaban J connectivity index is 1.26. The smallest absolute Gasteiger partial charge is 0.435 e. The Labute approximate surface area is 217 Å². The number of fused-ring (bicyclic) bond motifs is 3. The summed E-state index contributed by atoms with van der Waals surface area (Å²) < 4.78 is 54.2. The number of nitrogens with zero attached hydrogens (tertiary/aromatic N) is 6. The van der Waals surface area contributed by atoms with E-state index < -0.39 is 11.9 Å². The maximum absolute atomic E-state index is 13.0. The van der Waals surface area contributed by atoms with Crippen LogP contribution in [0.15, 0.2) is 42.7 Å². The molecule has 2 atom stereocenters. The molecule has 4 aromatic heterocycles. The maximum atomic E-state index is 13.0. The van der Waals surface area contributed by atoms with Crippen molar-refractivity contribution in [1.82, 2.24) is 29.3 Å². The molecule has 2 saturated heterocycles. The molecule has 2 fully saturated rings. The van der Waals surface area contributed by atoms with Crippen molar-refractivity contribution in [1.29, 1.82) is 0 Å². The molecule has 6 rings (SSSR count). The van der Waals surface area contributed by atoms with E-state index in [9.17, 15) is 13.2 Å². The molecule has 1 N–H and O–H groups in total. The van der Waals surface area contributed by atoms with Crippen LogP contribution in [0.1, 0.15) is 24.2 Å². The van der Waals surface area contributed by atoms with Crippen LogP contribution >= 0.6 is 0 Å². The zero-order chi connectivity index (χ0) is 26.6. The van der Waals surface area contributed by atoms with E-state index in [0.717, 1.165) is 64.9 Å². The van der Waals surface area contributed by atoms with Gasteiger partial charge in [0.05, 0.1) is 24.9 Å². The fourth-order valence-corrected chi connectivity index (χ4v) is 5.26. The predicted molar refractivity (Wildman–Crippen MR) is 134 cm³/mol. The van der Waals surface area contributed by atoms with Gasteiger partial charge in [-0.1, -0.05) is 0 Å². The summed E-state index contributed by atoms with van der Waals surface area (Å²) >= 11 is 0. The van der Waals surface area contributed by atoms with E-state index in [0.29, 0.717) is 17.9 Å². The minimum absolute atomic E-state index is 0.0725. The van der Waals surface area contributed by atoms with Crippen molar-refractivity contribution in [3.8, 4) is 16.9 Å². The third-order valence-corrected chi connectivity index (χ3v) is 7.34. The van der Waals surface area contributed by atoms with Gasteiger partial charge in [-0.05, 0) is 37.7 Å². The molecule has 0 amide bonds. The van der Waals surface area contributed by atoms with E-state index in [1.807, 2.05) is 31.3 Å². The van der Waals surface area contributed by atoms with Crippen LogP contribution in [0.5, 0.6) is 5.75 Å². The molecule has 38 heavy (non-hydrogen) atoms. The van der Waals surface area contributed by atoms with Crippen LogP contribution in [0.3, 0.4) is 0 Å². The molecule has 2 aliphatic rings. The van der Waals surface area contributed by atoms with Crippen LogP contribution in [0, 0.1) is 6.92 Å². The highest BCUT2D eigenvalue weighted by Gasteiger charge is 2.38. The van der Waals surface area contributed by atoms with Crippen molar-refractivity contribution in [2.45, 2.75) is 44.1 Å². The normalized spacial score (nSPS) is 22.1. The first-order valence-electron chi connectivity index (χ1n) is 12.4. The molecular weight excluding hydrogens is 499 g/mol. The van der Waals surface area contributed by atoms with E-state index in [1.54, 1.807) is 16.8 Å². The number of pyridine rings is 2. The third-order valence-electron chi connectivity index (χ3n) is 7.34. The lowest BCUT2D eigenvalue weighted by Gasteiger charge is -2.46. The van der Waals surface area contributed by atoms with Gasteiger partial charge in [0.15, 0.2) is 11.5 Å². The van der Waals surface area contributed by atoms with E-state index in [2.05, 4.69) is 32.4 Å². The molecule has 0 aromatic carbocycles. The summed E-state index contributed by atoms with van der Waals surface area (Å²) in [5.41, 5.74) is 2.54. The Morgan fingerprint density at radius 1 is 1.05 bits per heavy atom. The molecule has 2 aliphatic heterocycles. The number of nitrogens with one attached hydrogen (secondary N) is 1. The minimum atomic E-state index is -4.52. The van der Waals surface area contributed by atoms with E-state index in [1.165, 1.54) is 7.05 Å². The van der Waals surface area contributed by atoms with Gasteiger partial charge in [-0.25, -0.2) is 4.52 Å². The van der Waals surface area contributed by atoms with Crippen molar-refractivity contribution in [3.05, 3.63) is 54.1 Å². The average Bonchev–Trinajstić information content (AvgIpc) is 3.43. The number of aryl methyl sites for hydroxylation is 2. The standard InChI is InChI=1S/C26H28F3N7O2/c1-15-6-21(22(12-30-15)38-20-8-18-13-37-14-19(9-20)34(18)2)16-4-5-36-17(7-16)10-24(33-36)31-25-11-23(26(27,28)29)32-35(25)3/h4-7,10-12,18-20H,8-9,13-14H2,1-3H3,(H,31,33). The number of halogens is 3. The monoisotopic (exact) mass is 527 g/mol. The number of ether oxygens (including phenoxy) is 2. The molecule has 0 aliphatic carbocycles. The van der Waals surface area contributed by atoms with Crippen molar-refractivity contribution < 1.29 is 22.6 Å². The zero-order valence-corrected chi connectivity index (χ0v) is 21.2. The first-order valence-corrected chi connectivity index (χ1v) is 12.4. The molecule has 4 aromatic rings. The first kappa shape index (κ1) is 24.7. The second-order valence-corrected chi connectivity index (χ2v) is 10.0. The van der Waals surface area contributed by atoms with Crippen molar-refractivity contribution in [2.24, 2.45) is 7.05 Å². The number of morpholine rings is 1. The summed E-state index contributed by atoms with van der Waals surface area (Å²) in [4.78, 5) is 6.88. The van der Waals surface area contributed by atoms with Crippen molar-refractivity contribution in [2.75, 3.05) is 25.6 Å². The summed E-state index contributed by atoms with van der Waals surface area (Å²) in [6.45, 7) is 3.37. The fourth-order valence-electron chi connectivity index (χ4n) is 5.26. The average molecular weight is 528 g/mol. The minimum Gasteiger partial charge on any atom is -0.488 e. The third kappa shape index (κ3) is 4.69. The van der Waals surface area contributed by atoms with Crippen LogP contribution in [0.2, 0.25) is 0 Å². The number of piperidine rings is 1. The highest BCUT2D eigenvalue weighted by molar-refractivity contribution is 5.75. The molecule has 0 spiro atoms. The van der Waals surface area contributed by atoms with Gasteiger partial charge in [-0.15, -0.1) is 0 Å². The van der Waals surface area contributed by atoms with Crippen LogP contribution in [-0.4, -0.2) is 67.7 Å². The molecule has 12 heteroatoms. The number of aromatic nitrogens is 5. The molecule has 200 valence electrons. The number of anilines is 2. The summed E-state index contributed by atoms with van der Waals surface area (Å²) in [5.74, 6) is 1.32. The Hall–Kier alpha value is -3.64. The second kappa shape index (κ2) is 9.28. The van der Waals surface area contributed by atoms with E-state index in [-0.39, 0.29) is 11.9 Å². The SMILES string of the molecule is Cc1cc(-c2ccn3nc(Nc4cc(C(F)(F)F)nn4C)cc3c2)c(OC2CC3COCC(C2)N3C)cn1. The Kier molecular flexibility index (Phi) is 6.03. The van der Waals surface area contributed by atoms with Gasteiger partial charge in [-0.2, -0.15) is 23.4 Å². The van der Waals surface area contributed by atoms with Gasteiger partial charge < -0.3 is 14.8 Å². The number of rotatable bonds is 5. The van der Waals surface area contributed by atoms with Gasteiger partial charge in [0.2, 0.25) is 0 Å². The van der Waals surface area contributed by atoms with E-state index in [4.69, 9.17) is 9.47 Å². The molecular formula is C26H28F3N7O2. The fraction of sp³-hybridized carbons (Fsp3) is 0.423. The van der Waals surface area contributed by atoms with Crippen LogP contribution in [0.25, 0.3) is 16.6 Å². The van der Waals surface area contributed by atoms with Gasteiger partial charge in [0.25, 0.3) is 0 Å². The first-order chi connectivity index (χ1) is 18.1. The second-order valence-electron chi connectivity index (χ2n) is 10.0. The molecule has 6 heterocycles. The largest absolute Gasteiger partial charge is 0.488 e. The molecule has 9 nitrogen and oxygen atoms in total. The van der Waals surface area contributed by atoms with Crippen LogP contribution in [0.4, 0.5) is 24.8 Å². The highest BCUT2D eigenvalue weighted by atomic mass is 19.4. The lowest BCUT2D eigenvalue weighted by molar-refractivity contribution is -0.141. The molecule has 2 bridgehead atoms. The number of likely N-dealkylation sites (N-methyl/N-ethyl adjacent to an activating group) is 1. The molecule has 0 radical (unpaired) electrons. The van der Waals surface area contributed by atoms with Crippen molar-refractivity contribution >= 4 is 17.2 Å². The lowest BCUT2D eigenvalue weighted by atomic mass is 9.92. The van der Waals surface area contributed by atoms with E-state index >= 15 is 0 Å². The summed E-state index contributed by atoms with van der Waals surface area (Å²) in [7, 11) is 3.60. The summed E-state index contributed by atoms with van der Waals surface area (Å²) in [5, 5.41) is 10.9. The van der Waals surface area contributed by atoms with Crippen LogP contribution < -0.4 is 10.1 Å². The van der Waals surface area contributed by atoms with Gasteiger partial charge >= 0.3 is 6.18 Å². The Bertz CT molecular complexity index is 1470. The molecule has 2 unspecified atom stereocenters. The quantitative estimate of drug-likeness (QED) is 0.411. The summed E-state index contributed by atoms with van der Waals surface area (Å²) in [6.07, 6.45) is 0.930. The van der Waals surface area contributed by atoms with Crippen molar-refractivity contribution in [3.63, 3.8) is 0 Å². The number of hydrogen-bond acceptors (Lipinski definition) is 7. The maximum Gasteiger partial charge on any atom is 0.435 e. The van der Waals surface area contributed by atoms with Crippen LogP contribution in [-0.2, 0) is 18.0 Å². The van der Waals surface area contributed by atoms with Gasteiger partial charge in [-0.3, -0.25) is 14.6 Å². The lowest BCUT2D eigenvalue weighted by Crippen LogP contribution is -2.57. The zero-order valence-electron chi connectivity index (χ0n) is 21.2. The highest BCUT2D eigenvalue weighted by Crippen LogP contribution is 2.36. The Morgan fingerprint density at radius 2 is 1.82 bits per heavy atom. The predicted octanol–water partition coefficient (Wildman–Crippen LogP) is 4.44. The topological polar surface area (TPSA) is 81.7 Å². The number of hydrogen-bond donors (Lipinski definition) is 1. The number of alkyl halides is 3. The van der Waals surface area contributed by atoms with Gasteiger partial charge in [0, 0.05) is 61.6 Å². The molecule has 0 saturated carbocycles. The summed E-state index contributed by atoms with van der Waals surface area (Å²) in [6, 6.07) is 9.34. The van der Waals surface area contributed by atoms with Gasteiger partial charge in [0.1, 0.15) is 17.7 Å². The Morgan fingerprint density at radius 3 is 2.53 bits per heavy atom.